The average Bonchev–Trinajstić information content (AvgIpc) is 2.61. The van der Waals surface area contributed by atoms with Crippen molar-refractivity contribution in [2.24, 2.45) is 5.92 Å². The largest absolute Gasteiger partial charge is 0.508 e. The maximum absolute atomic E-state index is 13.2. The van der Waals surface area contributed by atoms with E-state index in [-0.39, 0.29) is 23.1 Å². The predicted molar refractivity (Wildman–Crippen MR) is 89.7 cm³/mol. The quantitative estimate of drug-likeness (QED) is 0.341. The highest BCUT2D eigenvalue weighted by atomic mass is 16.4. The van der Waals surface area contributed by atoms with Crippen molar-refractivity contribution in [3.8, 4) is 5.75 Å². The fraction of sp³-hybridized carbons (Fsp3) is 0.474. The highest BCUT2D eigenvalue weighted by Crippen LogP contribution is 2.56. The number of aliphatic hydroxyl groups is 5. The van der Waals surface area contributed by atoms with Crippen molar-refractivity contribution in [2.75, 3.05) is 0 Å². The van der Waals surface area contributed by atoms with Crippen LogP contribution in [0.2, 0.25) is 0 Å². The van der Waals surface area contributed by atoms with Crippen LogP contribution in [-0.2, 0) is 4.79 Å². The van der Waals surface area contributed by atoms with Crippen LogP contribution >= 0.6 is 0 Å². The van der Waals surface area contributed by atoms with Crippen LogP contribution in [0, 0.1) is 5.92 Å². The number of aromatic hydroxyl groups is 1. The van der Waals surface area contributed by atoms with Crippen LogP contribution < -0.4 is 0 Å². The van der Waals surface area contributed by atoms with Gasteiger partial charge >= 0.3 is 0 Å². The molecule has 0 saturated heterocycles. The zero-order valence-electron chi connectivity index (χ0n) is 14.5. The van der Waals surface area contributed by atoms with E-state index in [1.54, 1.807) is 6.92 Å². The molecule has 0 radical (unpaired) electrons. The number of phenols is 1. The number of ketones is 2. The van der Waals surface area contributed by atoms with Crippen molar-refractivity contribution in [3.05, 3.63) is 40.5 Å². The summed E-state index contributed by atoms with van der Waals surface area (Å²) >= 11 is 0. The Balaban J connectivity index is 2.07. The first-order chi connectivity index (χ1) is 12.6. The van der Waals surface area contributed by atoms with Crippen LogP contribution in [0.15, 0.2) is 29.3 Å². The summed E-state index contributed by atoms with van der Waals surface area (Å²) < 4.78 is 0. The molecule has 0 heterocycles. The third kappa shape index (κ3) is 1.94. The molecule has 144 valence electrons. The van der Waals surface area contributed by atoms with Gasteiger partial charge in [0.2, 0.25) is 5.78 Å². The minimum Gasteiger partial charge on any atom is -0.508 e. The molecule has 4 rings (SSSR count). The molecule has 0 spiro atoms. The van der Waals surface area contributed by atoms with Gasteiger partial charge in [-0.2, -0.15) is 0 Å². The van der Waals surface area contributed by atoms with Gasteiger partial charge in [-0.3, -0.25) is 9.59 Å². The number of rotatable bonds is 0. The summed E-state index contributed by atoms with van der Waals surface area (Å²) in [4.78, 5) is 25.9. The molecule has 0 aromatic heterocycles. The van der Waals surface area contributed by atoms with Crippen LogP contribution in [0.3, 0.4) is 0 Å². The zero-order chi connectivity index (χ0) is 19.9. The maximum Gasteiger partial charge on any atom is 0.202 e. The first-order valence-corrected chi connectivity index (χ1v) is 8.69. The van der Waals surface area contributed by atoms with Crippen molar-refractivity contribution in [3.63, 3.8) is 0 Å². The normalized spacial score (nSPS) is 41.1. The highest BCUT2D eigenvalue weighted by Gasteiger charge is 2.72. The summed E-state index contributed by atoms with van der Waals surface area (Å²) in [6.45, 7) is 1.62. The van der Waals surface area contributed by atoms with Gasteiger partial charge in [0.1, 0.15) is 11.9 Å². The Kier molecular flexibility index (Phi) is 3.70. The van der Waals surface area contributed by atoms with Crippen molar-refractivity contribution in [2.45, 2.75) is 49.3 Å². The Labute approximate surface area is 154 Å². The average molecular weight is 376 g/mol. The minimum atomic E-state index is -2.95. The SMILES string of the molecule is C[C@@H]1CC(=O)C2=C(C[C@H](O)[C@]3(O)[C@@H](O)c4c(O)cccc4C(=O)[C@]23O)[C@H]1O. The number of benzene rings is 1. The van der Waals surface area contributed by atoms with Crippen LogP contribution in [0.4, 0.5) is 0 Å². The Morgan fingerprint density at radius 2 is 1.74 bits per heavy atom. The number of carbonyl (C=O) groups excluding carboxylic acids is 2. The smallest absolute Gasteiger partial charge is 0.202 e. The molecule has 3 aliphatic rings. The Bertz CT molecular complexity index is 905. The van der Waals surface area contributed by atoms with Crippen molar-refractivity contribution in [1.82, 2.24) is 0 Å². The zero-order valence-corrected chi connectivity index (χ0v) is 14.5. The summed E-state index contributed by atoms with van der Waals surface area (Å²) in [7, 11) is 0. The fourth-order valence-corrected chi connectivity index (χ4v) is 4.77. The number of carbonyl (C=O) groups is 2. The van der Waals surface area contributed by atoms with Gasteiger partial charge in [-0.25, -0.2) is 0 Å². The Hall–Kier alpha value is -2.10. The second kappa shape index (κ2) is 5.46. The van der Waals surface area contributed by atoms with Gasteiger partial charge in [-0.05, 0) is 17.6 Å². The number of hydrogen-bond donors (Lipinski definition) is 6. The molecule has 6 N–H and O–H groups in total. The first-order valence-electron chi connectivity index (χ1n) is 8.69. The Morgan fingerprint density at radius 1 is 1.07 bits per heavy atom. The van der Waals surface area contributed by atoms with Gasteiger partial charge in [0.05, 0.1) is 12.2 Å². The molecule has 8 nitrogen and oxygen atoms in total. The monoisotopic (exact) mass is 376 g/mol. The molecule has 27 heavy (non-hydrogen) atoms. The summed E-state index contributed by atoms with van der Waals surface area (Å²) in [6.07, 6.45) is -5.65. The fourth-order valence-electron chi connectivity index (χ4n) is 4.77. The topological polar surface area (TPSA) is 156 Å². The number of aliphatic hydroxyl groups excluding tert-OH is 3. The summed E-state index contributed by atoms with van der Waals surface area (Å²) in [5.74, 6) is -2.74. The molecule has 3 aliphatic carbocycles. The molecule has 0 fully saturated rings. The molecular weight excluding hydrogens is 356 g/mol. The van der Waals surface area contributed by atoms with Gasteiger partial charge in [0.25, 0.3) is 0 Å². The molecule has 0 amide bonds. The second-order valence-corrected chi connectivity index (χ2v) is 7.68. The van der Waals surface area contributed by atoms with E-state index in [9.17, 15) is 40.2 Å². The van der Waals surface area contributed by atoms with E-state index in [2.05, 4.69) is 0 Å². The van der Waals surface area contributed by atoms with Crippen LogP contribution in [0.25, 0.3) is 0 Å². The lowest BCUT2D eigenvalue weighted by molar-refractivity contribution is -0.229. The van der Waals surface area contributed by atoms with Gasteiger partial charge in [-0.1, -0.05) is 19.1 Å². The van der Waals surface area contributed by atoms with E-state index in [0.717, 1.165) is 0 Å². The molecule has 1 aromatic carbocycles. The van der Waals surface area contributed by atoms with Crippen molar-refractivity contribution in [1.29, 1.82) is 0 Å². The van der Waals surface area contributed by atoms with E-state index >= 15 is 0 Å². The van der Waals surface area contributed by atoms with Crippen molar-refractivity contribution >= 4 is 11.6 Å². The van der Waals surface area contributed by atoms with E-state index in [1.165, 1.54) is 18.2 Å². The lowest BCUT2D eigenvalue weighted by atomic mass is 9.54. The maximum atomic E-state index is 13.2. The molecule has 0 bridgehead atoms. The van der Waals surface area contributed by atoms with E-state index < -0.39 is 64.7 Å². The number of phenolic OH excluding ortho intramolecular Hbond substituents is 1. The molecule has 6 atom stereocenters. The Morgan fingerprint density at radius 3 is 2.41 bits per heavy atom. The van der Waals surface area contributed by atoms with Crippen LogP contribution in [-0.4, -0.2) is 65.6 Å². The predicted octanol–water partition coefficient (Wildman–Crippen LogP) is -0.885. The van der Waals surface area contributed by atoms with Crippen LogP contribution in [0.1, 0.15) is 41.8 Å². The van der Waals surface area contributed by atoms with Gasteiger partial charge in [0.15, 0.2) is 17.0 Å². The van der Waals surface area contributed by atoms with Crippen molar-refractivity contribution < 1.29 is 40.2 Å². The second-order valence-electron chi connectivity index (χ2n) is 7.68. The van der Waals surface area contributed by atoms with E-state index in [4.69, 9.17) is 0 Å². The summed E-state index contributed by atoms with van der Waals surface area (Å²) in [5, 5.41) is 64.5. The van der Waals surface area contributed by atoms with Gasteiger partial charge < -0.3 is 30.6 Å². The van der Waals surface area contributed by atoms with Gasteiger partial charge in [0, 0.05) is 29.5 Å². The molecular formula is C19H20O8. The van der Waals surface area contributed by atoms with Crippen LogP contribution in [0.5, 0.6) is 5.75 Å². The molecule has 0 saturated carbocycles. The van der Waals surface area contributed by atoms with E-state index in [0.29, 0.717) is 0 Å². The molecule has 8 heteroatoms. The number of fused-ring (bicyclic) bond motifs is 3. The molecule has 1 aromatic rings. The molecule has 0 unspecified atom stereocenters. The summed E-state index contributed by atoms with van der Waals surface area (Å²) in [6, 6.07) is 3.76. The number of hydrogen-bond acceptors (Lipinski definition) is 8. The molecule has 0 aliphatic heterocycles. The lowest BCUT2D eigenvalue weighted by Crippen LogP contribution is -2.74. The third-order valence-corrected chi connectivity index (χ3v) is 6.21. The highest BCUT2D eigenvalue weighted by molar-refractivity contribution is 6.16. The van der Waals surface area contributed by atoms with E-state index in [1.807, 2.05) is 0 Å². The minimum absolute atomic E-state index is 0.0115. The lowest BCUT2D eigenvalue weighted by Gasteiger charge is -2.55. The van der Waals surface area contributed by atoms with Gasteiger partial charge in [-0.15, -0.1) is 0 Å². The third-order valence-electron chi connectivity index (χ3n) is 6.21. The summed E-state index contributed by atoms with van der Waals surface area (Å²) in [5.41, 5.74) is -6.88. The number of Topliss-reactive ketones (excluding diaryl/α,β-unsaturated/α-hetero) is 2. The first kappa shape index (κ1) is 18.3. The standard InChI is InChI=1S/C19H20O8/c1-7-5-11(21)14-9(15(7)23)6-12(22)18(26)17(25)13-8(3-2-4-10(13)20)16(24)19(14,18)27/h2-4,7,12,15,17,20,22-23,25-27H,5-6H2,1H3/t7-,12+,15+,17+,18+,19-/m1/s1.